The van der Waals surface area contributed by atoms with Crippen LogP contribution in [0.15, 0.2) is 28.2 Å². The van der Waals surface area contributed by atoms with Gasteiger partial charge in [0.05, 0.1) is 15.5 Å². The van der Waals surface area contributed by atoms with Gasteiger partial charge in [0, 0.05) is 5.69 Å². The average molecular weight is 360 g/mol. The van der Waals surface area contributed by atoms with E-state index in [4.69, 9.17) is 5.11 Å². The number of thiazole rings is 1. The van der Waals surface area contributed by atoms with Gasteiger partial charge in [-0.1, -0.05) is 11.3 Å². The van der Waals surface area contributed by atoms with E-state index in [0.29, 0.717) is 5.13 Å². The molecule has 0 saturated carbocycles. The number of anilines is 2. The zero-order valence-corrected chi connectivity index (χ0v) is 12.1. The lowest BCUT2D eigenvalue weighted by Gasteiger charge is -2.06. The fraction of sp³-hybridized carbons (Fsp3) is 0. The summed E-state index contributed by atoms with van der Waals surface area (Å²) < 4.78 is 13.9. The highest BCUT2D eigenvalue weighted by atomic mass is 79.9. The zero-order valence-electron chi connectivity index (χ0n) is 9.68. The number of carboxylic acids is 1. The lowest BCUT2D eigenvalue weighted by Crippen LogP contribution is -2.19. The number of amides is 2. The van der Waals surface area contributed by atoms with Crippen LogP contribution in [0.2, 0.25) is 0 Å². The molecule has 3 N–H and O–H groups in total. The van der Waals surface area contributed by atoms with Crippen molar-refractivity contribution in [2.45, 2.75) is 0 Å². The van der Waals surface area contributed by atoms with Crippen LogP contribution >= 0.6 is 27.3 Å². The summed E-state index contributed by atoms with van der Waals surface area (Å²) in [4.78, 5) is 26.3. The topological polar surface area (TPSA) is 91.3 Å². The van der Waals surface area contributed by atoms with E-state index in [1.165, 1.54) is 23.6 Å². The van der Waals surface area contributed by atoms with Gasteiger partial charge in [-0.3, -0.25) is 5.32 Å². The standard InChI is InChI=1S/C11H7BrFN3O3S/c12-8-4-14-11(20-8)16-10(19)15-5-1-2-7(13)6(3-5)9(17)18/h1-4H,(H,17,18)(H2,14,15,16,19). The molecule has 0 saturated heterocycles. The molecule has 0 bridgehead atoms. The Morgan fingerprint density at radius 3 is 2.70 bits per heavy atom. The van der Waals surface area contributed by atoms with Gasteiger partial charge in [-0.15, -0.1) is 0 Å². The summed E-state index contributed by atoms with van der Waals surface area (Å²) in [6.45, 7) is 0. The van der Waals surface area contributed by atoms with Crippen LogP contribution in [0.3, 0.4) is 0 Å². The molecule has 6 nitrogen and oxygen atoms in total. The molecule has 9 heteroatoms. The van der Waals surface area contributed by atoms with Gasteiger partial charge >= 0.3 is 12.0 Å². The predicted molar refractivity (Wildman–Crippen MR) is 75.8 cm³/mol. The van der Waals surface area contributed by atoms with E-state index in [9.17, 15) is 14.0 Å². The number of benzene rings is 1. The molecule has 2 amide bonds. The number of nitrogens with zero attached hydrogens (tertiary/aromatic N) is 1. The maximum Gasteiger partial charge on any atom is 0.338 e. The molecule has 0 aliphatic heterocycles. The number of rotatable bonds is 3. The summed E-state index contributed by atoms with van der Waals surface area (Å²) in [7, 11) is 0. The second-order valence-corrected chi connectivity index (χ2v) is 5.96. The largest absolute Gasteiger partial charge is 0.478 e. The molecular formula is C11H7BrFN3O3S. The van der Waals surface area contributed by atoms with Gasteiger partial charge in [0.15, 0.2) is 5.13 Å². The number of urea groups is 1. The second-order valence-electron chi connectivity index (χ2n) is 3.55. The van der Waals surface area contributed by atoms with E-state index in [1.807, 2.05) is 0 Å². The molecule has 1 aromatic carbocycles. The molecule has 0 fully saturated rings. The number of aromatic carboxylic acids is 1. The first-order chi connectivity index (χ1) is 9.45. The lowest BCUT2D eigenvalue weighted by atomic mass is 10.2. The zero-order chi connectivity index (χ0) is 14.7. The first kappa shape index (κ1) is 14.4. The van der Waals surface area contributed by atoms with Gasteiger partial charge in [-0.2, -0.15) is 0 Å². The molecule has 1 heterocycles. The minimum Gasteiger partial charge on any atom is -0.478 e. The van der Waals surface area contributed by atoms with Crippen LogP contribution in [0.5, 0.6) is 0 Å². The number of nitrogens with one attached hydrogen (secondary N) is 2. The van der Waals surface area contributed by atoms with Crippen LogP contribution in [0.4, 0.5) is 20.0 Å². The van der Waals surface area contributed by atoms with Crippen molar-refractivity contribution in [1.29, 1.82) is 0 Å². The number of carbonyl (C=O) groups is 2. The van der Waals surface area contributed by atoms with E-state index in [0.717, 1.165) is 15.9 Å². The Morgan fingerprint density at radius 2 is 2.10 bits per heavy atom. The molecule has 104 valence electrons. The van der Waals surface area contributed by atoms with Gasteiger partial charge in [-0.25, -0.2) is 19.0 Å². The fourth-order valence-corrected chi connectivity index (χ4v) is 2.44. The van der Waals surface area contributed by atoms with Crippen LogP contribution < -0.4 is 10.6 Å². The van der Waals surface area contributed by atoms with Crippen LogP contribution in [-0.2, 0) is 0 Å². The highest BCUT2D eigenvalue weighted by molar-refractivity contribution is 9.11. The Hall–Kier alpha value is -2.00. The van der Waals surface area contributed by atoms with Crippen molar-refractivity contribution >= 4 is 50.1 Å². The van der Waals surface area contributed by atoms with E-state index >= 15 is 0 Å². The van der Waals surface area contributed by atoms with Crippen LogP contribution in [0, 0.1) is 5.82 Å². The van der Waals surface area contributed by atoms with E-state index in [2.05, 4.69) is 31.5 Å². The summed E-state index contributed by atoms with van der Waals surface area (Å²) in [6, 6.07) is 2.67. The Kier molecular flexibility index (Phi) is 4.30. The summed E-state index contributed by atoms with van der Waals surface area (Å²) in [5, 5.41) is 14.0. The number of carbonyl (C=O) groups excluding carboxylic acids is 1. The monoisotopic (exact) mass is 359 g/mol. The predicted octanol–water partition coefficient (Wildman–Crippen LogP) is 3.39. The molecule has 2 rings (SSSR count). The Bertz CT molecular complexity index is 677. The molecule has 0 unspecified atom stereocenters. The minimum atomic E-state index is -1.41. The highest BCUT2D eigenvalue weighted by Gasteiger charge is 2.12. The number of aromatic nitrogens is 1. The van der Waals surface area contributed by atoms with Crippen molar-refractivity contribution in [3.63, 3.8) is 0 Å². The maximum atomic E-state index is 13.2. The van der Waals surface area contributed by atoms with Gasteiger partial charge in [0.1, 0.15) is 5.82 Å². The highest BCUT2D eigenvalue weighted by Crippen LogP contribution is 2.23. The SMILES string of the molecule is O=C(Nc1ccc(F)c(C(=O)O)c1)Nc1ncc(Br)s1. The van der Waals surface area contributed by atoms with Crippen molar-refractivity contribution in [3.8, 4) is 0 Å². The van der Waals surface area contributed by atoms with Crippen LogP contribution in [-0.4, -0.2) is 22.1 Å². The normalized spacial score (nSPS) is 10.1. The minimum absolute atomic E-state index is 0.164. The van der Waals surface area contributed by atoms with Crippen LogP contribution in [0.1, 0.15) is 10.4 Å². The molecule has 0 aliphatic carbocycles. The number of carboxylic acid groups (broad SMARTS) is 1. The van der Waals surface area contributed by atoms with Gasteiger partial charge in [-0.05, 0) is 34.1 Å². The fourth-order valence-electron chi connectivity index (χ4n) is 1.34. The summed E-state index contributed by atoms with van der Waals surface area (Å²) in [5.41, 5.74) is -0.350. The molecule has 0 radical (unpaired) electrons. The number of hydrogen-bond donors (Lipinski definition) is 3. The third kappa shape index (κ3) is 3.52. The second kappa shape index (κ2) is 5.97. The van der Waals surface area contributed by atoms with E-state index < -0.39 is 23.4 Å². The molecule has 2 aromatic rings. The maximum absolute atomic E-state index is 13.2. The van der Waals surface area contributed by atoms with Crippen molar-refractivity contribution in [2.75, 3.05) is 10.6 Å². The third-order valence-electron chi connectivity index (χ3n) is 2.15. The Balaban J connectivity index is 2.08. The summed E-state index contributed by atoms with van der Waals surface area (Å²) in [6.07, 6.45) is 1.53. The van der Waals surface area contributed by atoms with Crippen LogP contribution in [0.25, 0.3) is 0 Å². The van der Waals surface area contributed by atoms with Crippen molar-refractivity contribution in [2.24, 2.45) is 0 Å². The third-order valence-corrected chi connectivity index (χ3v) is 3.54. The molecule has 0 spiro atoms. The van der Waals surface area contributed by atoms with Crippen molar-refractivity contribution < 1.29 is 19.1 Å². The Labute approximate surface area is 124 Å². The van der Waals surface area contributed by atoms with Gasteiger partial charge in [0.25, 0.3) is 0 Å². The average Bonchev–Trinajstić information content (AvgIpc) is 2.76. The van der Waals surface area contributed by atoms with E-state index in [1.54, 1.807) is 0 Å². The van der Waals surface area contributed by atoms with Crippen molar-refractivity contribution in [3.05, 3.63) is 39.6 Å². The quantitative estimate of drug-likeness (QED) is 0.783. The molecule has 20 heavy (non-hydrogen) atoms. The summed E-state index contributed by atoms with van der Waals surface area (Å²) >= 11 is 4.42. The first-order valence-electron chi connectivity index (χ1n) is 5.18. The smallest absolute Gasteiger partial charge is 0.338 e. The van der Waals surface area contributed by atoms with Gasteiger partial charge < -0.3 is 10.4 Å². The lowest BCUT2D eigenvalue weighted by molar-refractivity contribution is 0.0692. The van der Waals surface area contributed by atoms with E-state index in [-0.39, 0.29) is 5.69 Å². The number of halogens is 2. The molecular weight excluding hydrogens is 353 g/mol. The summed E-state index contributed by atoms with van der Waals surface area (Å²) in [5.74, 6) is -2.28. The first-order valence-corrected chi connectivity index (χ1v) is 6.79. The number of hydrogen-bond acceptors (Lipinski definition) is 4. The molecule has 1 aromatic heterocycles. The Morgan fingerprint density at radius 1 is 1.35 bits per heavy atom. The van der Waals surface area contributed by atoms with Gasteiger partial charge in [0.2, 0.25) is 0 Å². The molecule has 0 atom stereocenters. The van der Waals surface area contributed by atoms with Crippen molar-refractivity contribution in [1.82, 2.24) is 4.98 Å². The molecule has 0 aliphatic rings.